The van der Waals surface area contributed by atoms with Gasteiger partial charge in [0.2, 0.25) is 10.0 Å². The Kier molecular flexibility index (Phi) is 9.27. The molecule has 1 aliphatic rings. The minimum Gasteiger partial charge on any atom is -0.487 e. The van der Waals surface area contributed by atoms with Gasteiger partial charge < -0.3 is 14.6 Å². The number of aliphatic hydroxyl groups excluding tert-OH is 1. The van der Waals surface area contributed by atoms with Crippen molar-refractivity contribution in [2.45, 2.75) is 37.4 Å². The summed E-state index contributed by atoms with van der Waals surface area (Å²) in [6.45, 7) is 4.89. The standard InChI is InChI=1S/C26H33FN2O5S/c1-19-15-29(20(2)18-30)35(31,32)26-12-9-21(6-5-13-33-4)14-24(26)34-25(19)17-28(3)16-22-7-10-23(27)11-8-22/h7-12,14,19-20,25,30H,13,15-18H2,1-4H3/t19-,20-,25+/m0/s1. The van der Waals surface area contributed by atoms with Crippen LogP contribution in [-0.2, 0) is 21.3 Å². The number of rotatable bonds is 7. The van der Waals surface area contributed by atoms with Crippen LogP contribution in [0.3, 0.4) is 0 Å². The first kappa shape index (κ1) is 27.1. The third-order valence-electron chi connectivity index (χ3n) is 5.97. The van der Waals surface area contributed by atoms with E-state index in [2.05, 4.69) is 16.7 Å². The second-order valence-electron chi connectivity index (χ2n) is 8.96. The zero-order chi connectivity index (χ0) is 25.6. The van der Waals surface area contributed by atoms with Crippen molar-refractivity contribution in [3.05, 3.63) is 59.4 Å². The lowest BCUT2D eigenvalue weighted by molar-refractivity contribution is 0.0733. The molecule has 0 bridgehead atoms. The molecule has 1 N–H and O–H groups in total. The minimum atomic E-state index is -3.91. The average molecular weight is 505 g/mol. The van der Waals surface area contributed by atoms with Crippen molar-refractivity contribution < 1.29 is 27.4 Å². The lowest BCUT2D eigenvalue weighted by Gasteiger charge is -2.37. The molecule has 9 heteroatoms. The van der Waals surface area contributed by atoms with Crippen LogP contribution in [0, 0.1) is 23.6 Å². The molecule has 1 heterocycles. The summed E-state index contributed by atoms with van der Waals surface area (Å²) in [4.78, 5) is 2.11. The molecular formula is C26H33FN2O5S. The molecule has 0 aromatic heterocycles. The zero-order valence-electron chi connectivity index (χ0n) is 20.6. The molecular weight excluding hydrogens is 471 g/mol. The Hall–Kier alpha value is -2.48. The second kappa shape index (κ2) is 12.0. The molecule has 35 heavy (non-hydrogen) atoms. The smallest absolute Gasteiger partial charge is 0.247 e. The summed E-state index contributed by atoms with van der Waals surface area (Å²) < 4.78 is 53.0. The van der Waals surface area contributed by atoms with Gasteiger partial charge in [0.25, 0.3) is 0 Å². The van der Waals surface area contributed by atoms with E-state index < -0.39 is 16.1 Å². The highest BCUT2D eigenvalue weighted by atomic mass is 32.2. The van der Waals surface area contributed by atoms with Gasteiger partial charge >= 0.3 is 0 Å². The highest BCUT2D eigenvalue weighted by Crippen LogP contribution is 2.34. The molecule has 0 radical (unpaired) electrons. The topological polar surface area (TPSA) is 79.3 Å². The molecule has 0 fully saturated rings. The average Bonchev–Trinajstić information content (AvgIpc) is 2.82. The number of hydrogen-bond donors (Lipinski definition) is 1. The molecule has 2 aromatic carbocycles. The fourth-order valence-electron chi connectivity index (χ4n) is 4.00. The number of hydrogen-bond acceptors (Lipinski definition) is 6. The van der Waals surface area contributed by atoms with Crippen molar-refractivity contribution in [3.63, 3.8) is 0 Å². The van der Waals surface area contributed by atoms with E-state index in [4.69, 9.17) is 9.47 Å². The van der Waals surface area contributed by atoms with Crippen molar-refractivity contribution >= 4 is 10.0 Å². The maximum absolute atomic E-state index is 13.5. The number of sulfonamides is 1. The van der Waals surface area contributed by atoms with Crippen molar-refractivity contribution in [1.29, 1.82) is 0 Å². The van der Waals surface area contributed by atoms with Crippen LogP contribution in [0.25, 0.3) is 0 Å². The molecule has 0 spiro atoms. The maximum atomic E-state index is 13.5. The summed E-state index contributed by atoms with van der Waals surface area (Å²) in [5, 5.41) is 9.77. The lowest BCUT2D eigenvalue weighted by atomic mass is 10.0. The monoisotopic (exact) mass is 504 g/mol. The quantitative estimate of drug-likeness (QED) is 0.585. The summed E-state index contributed by atoms with van der Waals surface area (Å²) in [5.41, 5.74) is 1.58. The van der Waals surface area contributed by atoms with Crippen LogP contribution in [0.1, 0.15) is 25.0 Å². The summed E-state index contributed by atoms with van der Waals surface area (Å²) >= 11 is 0. The van der Waals surface area contributed by atoms with Crippen LogP contribution in [0.2, 0.25) is 0 Å². The van der Waals surface area contributed by atoms with Gasteiger partial charge in [-0.05, 0) is 49.9 Å². The van der Waals surface area contributed by atoms with Crippen LogP contribution in [0.5, 0.6) is 5.75 Å². The first-order valence-corrected chi connectivity index (χ1v) is 12.9. The van der Waals surface area contributed by atoms with E-state index in [0.717, 1.165) is 5.56 Å². The number of methoxy groups -OCH3 is 1. The van der Waals surface area contributed by atoms with Gasteiger partial charge in [0, 0.05) is 44.3 Å². The Balaban J connectivity index is 1.95. The van der Waals surface area contributed by atoms with Crippen molar-refractivity contribution in [1.82, 2.24) is 9.21 Å². The predicted octanol–water partition coefficient (Wildman–Crippen LogP) is 2.72. The first-order valence-electron chi connectivity index (χ1n) is 11.5. The van der Waals surface area contributed by atoms with Crippen molar-refractivity contribution in [2.24, 2.45) is 5.92 Å². The normalized spacial score (nSPS) is 20.7. The number of halogens is 1. The number of fused-ring (bicyclic) bond motifs is 1. The fourth-order valence-corrected chi connectivity index (χ4v) is 5.83. The van der Waals surface area contributed by atoms with E-state index in [-0.39, 0.29) is 48.2 Å². The Morgan fingerprint density at radius 2 is 2.00 bits per heavy atom. The van der Waals surface area contributed by atoms with Crippen LogP contribution in [0.4, 0.5) is 4.39 Å². The number of likely N-dealkylation sites (N-methyl/N-ethyl adjacent to an activating group) is 1. The van der Waals surface area contributed by atoms with Crippen LogP contribution in [-0.4, -0.2) is 75.3 Å². The number of aliphatic hydroxyl groups is 1. The summed E-state index contributed by atoms with van der Waals surface area (Å²) in [7, 11) is -0.414. The molecule has 0 aliphatic carbocycles. The molecule has 0 unspecified atom stereocenters. The second-order valence-corrected chi connectivity index (χ2v) is 10.8. The minimum absolute atomic E-state index is 0.0492. The predicted molar refractivity (Wildman–Crippen MR) is 132 cm³/mol. The van der Waals surface area contributed by atoms with Crippen LogP contribution >= 0.6 is 0 Å². The first-order chi connectivity index (χ1) is 16.6. The molecule has 3 atom stereocenters. The largest absolute Gasteiger partial charge is 0.487 e. The Labute approximate surface area is 207 Å². The maximum Gasteiger partial charge on any atom is 0.247 e. The number of ether oxygens (including phenoxy) is 2. The highest BCUT2D eigenvalue weighted by molar-refractivity contribution is 7.89. The molecule has 2 aromatic rings. The summed E-state index contributed by atoms with van der Waals surface area (Å²) in [6, 6.07) is 10.5. The van der Waals surface area contributed by atoms with E-state index in [9.17, 15) is 17.9 Å². The van der Waals surface area contributed by atoms with Crippen molar-refractivity contribution in [2.75, 3.05) is 40.5 Å². The van der Waals surface area contributed by atoms with E-state index in [0.29, 0.717) is 18.7 Å². The number of benzene rings is 2. The zero-order valence-corrected chi connectivity index (χ0v) is 21.4. The van der Waals surface area contributed by atoms with Crippen LogP contribution in [0.15, 0.2) is 47.4 Å². The Bertz CT molecular complexity index is 1160. The number of nitrogens with zero attached hydrogens (tertiary/aromatic N) is 2. The molecule has 7 nitrogen and oxygen atoms in total. The highest BCUT2D eigenvalue weighted by Gasteiger charge is 2.38. The molecule has 0 saturated heterocycles. The third-order valence-corrected chi connectivity index (χ3v) is 7.99. The van der Waals surface area contributed by atoms with Crippen molar-refractivity contribution in [3.8, 4) is 17.6 Å². The Morgan fingerprint density at radius 1 is 1.29 bits per heavy atom. The van der Waals surface area contributed by atoms with Gasteiger partial charge in [-0.1, -0.05) is 30.9 Å². The summed E-state index contributed by atoms with van der Waals surface area (Å²) in [6.07, 6.45) is -0.342. The van der Waals surface area contributed by atoms with Gasteiger partial charge in [-0.3, -0.25) is 4.90 Å². The van der Waals surface area contributed by atoms with Gasteiger partial charge in [-0.25, -0.2) is 12.8 Å². The fraction of sp³-hybridized carbons (Fsp3) is 0.462. The van der Waals surface area contributed by atoms with E-state index in [1.54, 1.807) is 38.3 Å². The molecule has 0 saturated carbocycles. The lowest BCUT2D eigenvalue weighted by Crippen LogP contribution is -2.49. The third kappa shape index (κ3) is 6.81. The molecule has 3 rings (SSSR count). The van der Waals surface area contributed by atoms with E-state index in [1.165, 1.54) is 22.5 Å². The molecule has 1 aliphatic heterocycles. The molecule has 0 amide bonds. The Morgan fingerprint density at radius 3 is 2.66 bits per heavy atom. The van der Waals surface area contributed by atoms with Gasteiger partial charge in [-0.15, -0.1) is 0 Å². The van der Waals surface area contributed by atoms with Crippen LogP contribution < -0.4 is 4.74 Å². The van der Waals surface area contributed by atoms with Gasteiger partial charge in [0.15, 0.2) is 0 Å². The SMILES string of the molecule is COCC#Cc1ccc2c(c1)O[C@H](CN(C)Cc1ccc(F)cc1)[C@@H](C)CN([C@@H](C)CO)S2(=O)=O. The van der Waals surface area contributed by atoms with E-state index >= 15 is 0 Å². The van der Waals surface area contributed by atoms with Gasteiger partial charge in [-0.2, -0.15) is 4.31 Å². The summed E-state index contributed by atoms with van der Waals surface area (Å²) in [5.74, 6) is 5.61. The van der Waals surface area contributed by atoms with Gasteiger partial charge in [0.05, 0.1) is 6.61 Å². The van der Waals surface area contributed by atoms with Gasteiger partial charge in [0.1, 0.15) is 29.2 Å². The molecule has 190 valence electrons. The van der Waals surface area contributed by atoms with E-state index in [1.807, 2.05) is 14.0 Å².